The molecule has 1 heterocycles. The lowest BCUT2D eigenvalue weighted by atomic mass is 10.1. The van der Waals surface area contributed by atoms with Crippen molar-refractivity contribution in [3.8, 4) is 0 Å². The van der Waals surface area contributed by atoms with E-state index >= 15 is 0 Å². The number of nitrogens with zero attached hydrogens (tertiary/aromatic N) is 1. The van der Waals surface area contributed by atoms with Crippen LogP contribution in [0, 0.1) is 0 Å². The van der Waals surface area contributed by atoms with Gasteiger partial charge in [-0.3, -0.25) is 4.90 Å². The third kappa shape index (κ3) is 6.72. The van der Waals surface area contributed by atoms with Gasteiger partial charge in [-0.15, -0.1) is 0 Å². The zero-order valence-corrected chi connectivity index (χ0v) is 14.7. The van der Waals surface area contributed by atoms with E-state index in [4.69, 9.17) is 18.9 Å². The van der Waals surface area contributed by atoms with Crippen molar-refractivity contribution in [3.05, 3.63) is 35.4 Å². The molecule has 0 saturated carbocycles. The van der Waals surface area contributed by atoms with Crippen molar-refractivity contribution in [3.63, 3.8) is 0 Å². The normalized spacial score (nSPS) is 16.1. The predicted molar refractivity (Wildman–Crippen MR) is 90.1 cm³/mol. The van der Waals surface area contributed by atoms with Crippen LogP contribution in [0.1, 0.15) is 36.2 Å². The first-order chi connectivity index (χ1) is 12.1. The van der Waals surface area contributed by atoms with Gasteiger partial charge in [-0.05, 0) is 31.0 Å². The zero-order chi connectivity index (χ0) is 18.1. The van der Waals surface area contributed by atoms with Crippen LogP contribution in [0.4, 0.5) is 4.79 Å². The van der Waals surface area contributed by atoms with Crippen molar-refractivity contribution in [1.82, 2.24) is 4.90 Å². The van der Waals surface area contributed by atoms with Crippen molar-refractivity contribution in [2.45, 2.75) is 32.9 Å². The van der Waals surface area contributed by atoms with Gasteiger partial charge in [-0.25, -0.2) is 9.59 Å². The van der Waals surface area contributed by atoms with Crippen LogP contribution >= 0.6 is 0 Å². The number of ether oxygens (including phenoxy) is 4. The monoisotopic (exact) mass is 351 g/mol. The molecule has 138 valence electrons. The van der Waals surface area contributed by atoms with Gasteiger partial charge in [0.05, 0.1) is 18.8 Å². The molecule has 0 aliphatic carbocycles. The van der Waals surface area contributed by atoms with Crippen molar-refractivity contribution in [1.29, 1.82) is 0 Å². The lowest BCUT2D eigenvalue weighted by molar-refractivity contribution is -0.0368. The van der Waals surface area contributed by atoms with Crippen molar-refractivity contribution < 1.29 is 28.5 Å². The minimum Gasteiger partial charge on any atom is -0.431 e. The van der Waals surface area contributed by atoms with E-state index in [1.807, 2.05) is 19.1 Å². The SMILES string of the molecule is CCC(C)OC(=O)OCOC(=O)c1cccc(CN2CCOCC2)c1. The number of morpholine rings is 1. The van der Waals surface area contributed by atoms with Gasteiger partial charge < -0.3 is 18.9 Å². The molecule has 1 aromatic carbocycles. The minimum atomic E-state index is -0.844. The summed E-state index contributed by atoms with van der Waals surface area (Å²) in [7, 11) is 0. The van der Waals surface area contributed by atoms with E-state index in [9.17, 15) is 9.59 Å². The molecule has 1 atom stereocenters. The molecule has 0 bridgehead atoms. The van der Waals surface area contributed by atoms with Crippen LogP contribution in [0.15, 0.2) is 24.3 Å². The lowest BCUT2D eigenvalue weighted by Gasteiger charge is -2.26. The van der Waals surface area contributed by atoms with Crippen LogP contribution in [-0.2, 0) is 25.5 Å². The van der Waals surface area contributed by atoms with E-state index < -0.39 is 18.9 Å². The predicted octanol–water partition coefficient (Wildman–Crippen LogP) is 2.58. The van der Waals surface area contributed by atoms with Crippen LogP contribution in [-0.4, -0.2) is 56.2 Å². The Balaban J connectivity index is 1.79. The Labute approximate surface area is 147 Å². The number of hydrogen-bond donors (Lipinski definition) is 0. The third-order valence-electron chi connectivity index (χ3n) is 3.91. The Morgan fingerprint density at radius 3 is 2.72 bits per heavy atom. The van der Waals surface area contributed by atoms with E-state index in [-0.39, 0.29) is 6.10 Å². The summed E-state index contributed by atoms with van der Waals surface area (Å²) in [4.78, 5) is 25.7. The molecule has 1 aliphatic heterocycles. The maximum atomic E-state index is 12.1. The van der Waals surface area contributed by atoms with Gasteiger partial charge >= 0.3 is 12.1 Å². The number of benzene rings is 1. The fraction of sp³-hybridized carbons (Fsp3) is 0.556. The fourth-order valence-electron chi connectivity index (χ4n) is 2.31. The molecule has 1 aromatic rings. The molecule has 7 nitrogen and oxygen atoms in total. The van der Waals surface area contributed by atoms with E-state index in [2.05, 4.69) is 4.90 Å². The second kappa shape index (κ2) is 10.0. The molecule has 0 aromatic heterocycles. The van der Waals surface area contributed by atoms with Gasteiger partial charge in [0.25, 0.3) is 0 Å². The summed E-state index contributed by atoms with van der Waals surface area (Å²) < 4.78 is 19.9. The van der Waals surface area contributed by atoms with Gasteiger partial charge in [0, 0.05) is 19.6 Å². The second-order valence-corrected chi connectivity index (χ2v) is 5.87. The number of carbonyl (C=O) groups is 2. The fourth-order valence-corrected chi connectivity index (χ4v) is 2.31. The summed E-state index contributed by atoms with van der Waals surface area (Å²) in [5.74, 6) is -0.542. The van der Waals surface area contributed by atoms with Gasteiger partial charge in [-0.1, -0.05) is 19.1 Å². The molecule has 1 unspecified atom stereocenters. The van der Waals surface area contributed by atoms with E-state index in [1.165, 1.54) is 0 Å². The van der Waals surface area contributed by atoms with Crippen LogP contribution < -0.4 is 0 Å². The van der Waals surface area contributed by atoms with E-state index in [1.54, 1.807) is 19.1 Å². The summed E-state index contributed by atoms with van der Waals surface area (Å²) in [5, 5.41) is 0. The third-order valence-corrected chi connectivity index (χ3v) is 3.91. The molecule has 0 radical (unpaired) electrons. The highest BCUT2D eigenvalue weighted by Crippen LogP contribution is 2.11. The highest BCUT2D eigenvalue weighted by Gasteiger charge is 2.14. The molecule has 25 heavy (non-hydrogen) atoms. The number of carbonyl (C=O) groups excluding carboxylic acids is 2. The molecule has 0 spiro atoms. The Kier molecular flexibility index (Phi) is 7.69. The van der Waals surface area contributed by atoms with Crippen LogP contribution in [0.25, 0.3) is 0 Å². The average Bonchev–Trinajstić information content (AvgIpc) is 2.62. The van der Waals surface area contributed by atoms with Gasteiger partial charge in [-0.2, -0.15) is 0 Å². The van der Waals surface area contributed by atoms with Crippen molar-refractivity contribution in [2.24, 2.45) is 0 Å². The summed E-state index contributed by atoms with van der Waals surface area (Å²) in [6.45, 7) is 7.14. The molecule has 1 aliphatic rings. The number of hydrogen-bond acceptors (Lipinski definition) is 7. The Morgan fingerprint density at radius 2 is 2.00 bits per heavy atom. The molecule has 1 saturated heterocycles. The molecule has 0 amide bonds. The molecular weight excluding hydrogens is 326 g/mol. The van der Waals surface area contributed by atoms with Crippen LogP contribution in [0.5, 0.6) is 0 Å². The highest BCUT2D eigenvalue weighted by atomic mass is 16.8. The Bertz CT molecular complexity index is 570. The summed E-state index contributed by atoms with van der Waals surface area (Å²) in [5.41, 5.74) is 1.44. The lowest BCUT2D eigenvalue weighted by Crippen LogP contribution is -2.35. The Morgan fingerprint density at radius 1 is 1.24 bits per heavy atom. The molecule has 1 fully saturated rings. The number of rotatable bonds is 7. The first-order valence-corrected chi connectivity index (χ1v) is 8.48. The van der Waals surface area contributed by atoms with Crippen LogP contribution in [0.3, 0.4) is 0 Å². The highest BCUT2D eigenvalue weighted by molar-refractivity contribution is 5.89. The zero-order valence-electron chi connectivity index (χ0n) is 14.7. The minimum absolute atomic E-state index is 0.236. The molecule has 0 N–H and O–H groups in total. The number of esters is 1. The van der Waals surface area contributed by atoms with Gasteiger partial charge in [0.2, 0.25) is 6.79 Å². The summed E-state index contributed by atoms with van der Waals surface area (Å²) in [6, 6.07) is 7.23. The van der Waals surface area contributed by atoms with Crippen molar-refractivity contribution in [2.75, 3.05) is 33.1 Å². The standard InChI is InChI=1S/C18H25NO6/c1-3-14(2)25-18(21)24-13-23-17(20)16-6-4-5-15(11-16)12-19-7-9-22-10-8-19/h4-6,11,14H,3,7-10,12-13H2,1-2H3. The topological polar surface area (TPSA) is 74.3 Å². The summed E-state index contributed by atoms with van der Waals surface area (Å²) in [6.07, 6.45) is -0.395. The molecular formula is C18H25NO6. The summed E-state index contributed by atoms with van der Waals surface area (Å²) >= 11 is 0. The first-order valence-electron chi connectivity index (χ1n) is 8.48. The quantitative estimate of drug-likeness (QED) is 0.552. The van der Waals surface area contributed by atoms with Crippen molar-refractivity contribution >= 4 is 12.1 Å². The van der Waals surface area contributed by atoms with E-state index in [0.29, 0.717) is 12.0 Å². The second-order valence-electron chi connectivity index (χ2n) is 5.87. The Hall–Kier alpha value is -2.12. The van der Waals surface area contributed by atoms with Crippen LogP contribution in [0.2, 0.25) is 0 Å². The van der Waals surface area contributed by atoms with Gasteiger partial charge in [0.15, 0.2) is 0 Å². The smallest absolute Gasteiger partial charge is 0.431 e. The molecule has 7 heteroatoms. The largest absolute Gasteiger partial charge is 0.511 e. The first kappa shape index (κ1) is 19.2. The van der Waals surface area contributed by atoms with Gasteiger partial charge in [0.1, 0.15) is 6.10 Å². The van der Waals surface area contributed by atoms with E-state index in [0.717, 1.165) is 38.4 Å². The maximum absolute atomic E-state index is 12.1. The average molecular weight is 351 g/mol. The molecule has 2 rings (SSSR count). The maximum Gasteiger partial charge on any atom is 0.511 e.